The van der Waals surface area contributed by atoms with Crippen molar-refractivity contribution in [1.82, 2.24) is 0 Å². The van der Waals surface area contributed by atoms with E-state index < -0.39 is 51.7 Å². The molecule has 0 aliphatic carbocycles. The standard InChI is InChI=1S/C36H84O14S4Si5/c1-13-37-55(38-14-2,33-29-25-27-31-35(51,52)57(41-17-5,42-18-6)43-19-7)49-59(47-23-11,48-24-12)50-56(39-15-3,40-16-4)34-30-26-28-32-36(53,54)58(44-20-8,45-21-9)46-22-10/h51-54H,13-34H2,1-12H3. The molecule has 0 fully saturated rings. The molecule has 0 heterocycles. The Labute approximate surface area is 387 Å². The van der Waals surface area contributed by atoms with Gasteiger partial charge < -0.3 is 61.3 Å². The second-order valence-electron chi connectivity index (χ2n) is 13.1. The summed E-state index contributed by atoms with van der Waals surface area (Å²) in [5.74, 6) is 0. The molecule has 0 aliphatic rings. The molecule has 0 aliphatic heterocycles. The van der Waals surface area contributed by atoms with Crippen LogP contribution in [-0.4, -0.2) is 131 Å². The van der Waals surface area contributed by atoms with E-state index in [2.05, 4.69) is 0 Å². The summed E-state index contributed by atoms with van der Waals surface area (Å²) in [5, 5.41) is 0. The molecular weight excluding hydrogens is 925 g/mol. The number of hydrogen-bond acceptors (Lipinski definition) is 18. The maximum Gasteiger partial charge on any atom is 0.664 e. The minimum Gasteiger partial charge on any atom is -0.374 e. The van der Waals surface area contributed by atoms with Crippen LogP contribution in [0, 0.1) is 0 Å². The highest BCUT2D eigenvalue weighted by Gasteiger charge is 2.62. The van der Waals surface area contributed by atoms with Gasteiger partial charge in [-0.05, 0) is 109 Å². The Hall–Kier alpha value is 1.92. The van der Waals surface area contributed by atoms with Crippen LogP contribution in [0.25, 0.3) is 0 Å². The molecule has 0 aromatic carbocycles. The number of rotatable bonds is 42. The van der Waals surface area contributed by atoms with Crippen LogP contribution < -0.4 is 0 Å². The number of unbranched alkanes of at least 4 members (excludes halogenated alkanes) is 4. The molecular formula is C36H84O14S4Si5. The van der Waals surface area contributed by atoms with Gasteiger partial charge in [-0.3, -0.25) is 0 Å². The summed E-state index contributed by atoms with van der Waals surface area (Å²) in [4.78, 5) is 0. The van der Waals surface area contributed by atoms with E-state index in [1.54, 1.807) is 0 Å². The van der Waals surface area contributed by atoms with Crippen molar-refractivity contribution in [1.29, 1.82) is 0 Å². The van der Waals surface area contributed by atoms with E-state index in [-0.39, 0.29) is 13.2 Å². The molecule has 0 saturated heterocycles. The summed E-state index contributed by atoms with van der Waals surface area (Å²) >= 11 is 19.8. The van der Waals surface area contributed by atoms with Gasteiger partial charge >= 0.3 is 44.3 Å². The first kappa shape index (κ1) is 60.9. The Morgan fingerprint density at radius 2 is 0.542 bits per heavy atom. The first-order chi connectivity index (χ1) is 28.1. The highest BCUT2D eigenvalue weighted by molar-refractivity contribution is 8.03. The van der Waals surface area contributed by atoms with Crippen LogP contribution in [0.3, 0.4) is 0 Å². The Balaban J connectivity index is 6.39. The van der Waals surface area contributed by atoms with E-state index in [1.807, 2.05) is 83.1 Å². The summed E-state index contributed by atoms with van der Waals surface area (Å²) in [5.41, 5.74) is 0. The van der Waals surface area contributed by atoms with Crippen LogP contribution in [0.1, 0.15) is 134 Å². The first-order valence-corrected chi connectivity index (χ1v) is 32.8. The lowest BCUT2D eigenvalue weighted by molar-refractivity contribution is -0.0206. The molecule has 0 unspecified atom stereocenters. The van der Waals surface area contributed by atoms with Crippen molar-refractivity contribution in [2.24, 2.45) is 0 Å². The van der Waals surface area contributed by atoms with Gasteiger partial charge in [0.15, 0.2) is 0 Å². The van der Waals surface area contributed by atoms with Crippen molar-refractivity contribution in [3.8, 4) is 0 Å². The molecule has 0 amide bonds. The third kappa shape index (κ3) is 20.1. The van der Waals surface area contributed by atoms with Crippen LogP contribution in [0.4, 0.5) is 0 Å². The minimum absolute atomic E-state index is 0.270. The fraction of sp³-hybridized carbons (Fsp3) is 1.00. The Morgan fingerprint density at radius 1 is 0.305 bits per heavy atom. The van der Waals surface area contributed by atoms with Crippen molar-refractivity contribution in [2.75, 3.05) is 79.3 Å². The van der Waals surface area contributed by atoms with Crippen molar-refractivity contribution >= 4 is 94.8 Å². The largest absolute Gasteiger partial charge is 0.664 e. The van der Waals surface area contributed by atoms with Gasteiger partial charge in [0.1, 0.15) is 7.40 Å². The van der Waals surface area contributed by atoms with Crippen LogP contribution in [0.5, 0.6) is 0 Å². The lowest BCUT2D eigenvalue weighted by Gasteiger charge is -2.41. The molecule has 0 aromatic heterocycles. The smallest absolute Gasteiger partial charge is 0.374 e. The predicted molar refractivity (Wildman–Crippen MR) is 258 cm³/mol. The maximum absolute atomic E-state index is 7.01. The van der Waals surface area contributed by atoms with Crippen LogP contribution in [-0.2, 0) is 61.3 Å². The summed E-state index contributed by atoms with van der Waals surface area (Å²) in [6, 6.07) is 1.01. The van der Waals surface area contributed by atoms with Gasteiger partial charge in [-0.15, -0.1) is 0 Å². The lowest BCUT2D eigenvalue weighted by atomic mass is 10.2. The van der Waals surface area contributed by atoms with Crippen LogP contribution in [0.15, 0.2) is 0 Å². The molecule has 0 N–H and O–H groups in total. The molecule has 0 atom stereocenters. The molecule has 0 radical (unpaired) electrons. The van der Waals surface area contributed by atoms with E-state index in [4.69, 9.17) is 112 Å². The van der Waals surface area contributed by atoms with E-state index in [0.29, 0.717) is 91.0 Å². The number of hydrogen-bond donors (Lipinski definition) is 4. The van der Waals surface area contributed by atoms with E-state index >= 15 is 0 Å². The monoisotopic (exact) mass is 1010 g/mol. The second kappa shape index (κ2) is 32.6. The van der Waals surface area contributed by atoms with Crippen molar-refractivity contribution in [2.45, 2.75) is 154 Å². The molecule has 23 heteroatoms. The van der Waals surface area contributed by atoms with Crippen molar-refractivity contribution in [3.63, 3.8) is 0 Å². The van der Waals surface area contributed by atoms with Gasteiger partial charge in [-0.25, -0.2) is 0 Å². The van der Waals surface area contributed by atoms with Gasteiger partial charge in [0.05, 0.1) is 0 Å². The van der Waals surface area contributed by atoms with E-state index in [1.165, 1.54) is 0 Å². The lowest BCUT2D eigenvalue weighted by Crippen LogP contribution is -2.66. The third-order valence-corrected chi connectivity index (χ3v) is 29.9. The van der Waals surface area contributed by atoms with Crippen molar-refractivity contribution < 1.29 is 61.3 Å². The molecule has 14 nitrogen and oxygen atoms in total. The molecule has 356 valence electrons. The Kier molecular flexibility index (Phi) is 33.6. The van der Waals surface area contributed by atoms with Crippen LogP contribution in [0.2, 0.25) is 12.1 Å². The molecule has 0 aromatic rings. The fourth-order valence-corrected chi connectivity index (χ4v) is 25.6. The number of thiol groups is 4. The summed E-state index contributed by atoms with van der Waals surface area (Å²) < 4.78 is 87.8. The SMILES string of the molecule is CCO[Si](CCCCCC(S)(S)[Si](OCC)(OCC)OCC)(OCC)O[Si](OCC)(OCC)O[Si](CCCCCC(S)(S)[Si](OCC)(OCC)OCC)(OCC)OCC. The zero-order valence-electron chi connectivity index (χ0n) is 38.6. The predicted octanol–water partition coefficient (Wildman–Crippen LogP) is 8.96. The average Bonchev–Trinajstić information content (AvgIpc) is 3.15. The van der Waals surface area contributed by atoms with E-state index in [0.717, 1.165) is 38.5 Å². The summed E-state index contributed by atoms with van der Waals surface area (Å²) in [6.45, 7) is 27.7. The highest BCUT2D eigenvalue weighted by Crippen LogP contribution is 2.41. The first-order valence-electron chi connectivity index (χ1n) is 22.0. The molecule has 0 rings (SSSR count). The zero-order valence-corrected chi connectivity index (χ0v) is 47.1. The summed E-state index contributed by atoms with van der Waals surface area (Å²) in [7, 11) is -17.4. The maximum atomic E-state index is 7.01. The molecule has 0 bridgehead atoms. The van der Waals surface area contributed by atoms with Gasteiger partial charge in [-0.1, -0.05) is 25.7 Å². The second-order valence-corrected chi connectivity index (χ2v) is 32.3. The van der Waals surface area contributed by atoms with Gasteiger partial charge in [0.2, 0.25) is 0 Å². The molecule has 0 spiro atoms. The topological polar surface area (TPSA) is 129 Å². The Bertz CT molecular complexity index is 927. The van der Waals surface area contributed by atoms with Crippen molar-refractivity contribution in [3.05, 3.63) is 0 Å². The third-order valence-electron chi connectivity index (χ3n) is 8.66. The van der Waals surface area contributed by atoms with Gasteiger partial charge in [0, 0.05) is 91.4 Å². The van der Waals surface area contributed by atoms with Crippen LogP contribution >= 0.6 is 50.5 Å². The molecule has 0 saturated carbocycles. The quantitative estimate of drug-likeness (QED) is 0.0201. The Morgan fingerprint density at radius 3 is 0.763 bits per heavy atom. The zero-order chi connectivity index (χ0) is 45.0. The normalized spacial score (nSPS) is 13.8. The minimum atomic E-state index is -4.03. The molecule has 59 heavy (non-hydrogen) atoms. The fourth-order valence-electron chi connectivity index (χ4n) is 6.56. The average molecular weight is 1010 g/mol. The highest BCUT2D eigenvalue weighted by atomic mass is 32.2. The van der Waals surface area contributed by atoms with E-state index in [9.17, 15) is 0 Å². The van der Waals surface area contributed by atoms with Gasteiger partial charge in [-0.2, -0.15) is 50.5 Å². The van der Waals surface area contributed by atoms with Gasteiger partial charge in [0.25, 0.3) is 0 Å². The summed E-state index contributed by atoms with van der Waals surface area (Å²) in [6.07, 6.45) is 5.88.